The zero-order valence-corrected chi connectivity index (χ0v) is 7.77. The molecule has 76 valence electrons. The summed E-state index contributed by atoms with van der Waals surface area (Å²) in [6, 6.07) is 0. The summed E-state index contributed by atoms with van der Waals surface area (Å²) in [4.78, 5) is 12.9. The second-order valence-corrected chi connectivity index (χ2v) is 3.25. The standard InChI is InChI=1S/C8H16N2O3/c1-6-3-10(8(12)2-9)4-7(5-11)13-6/h6-7,11H,2-5,9H2,1H3. The van der Waals surface area contributed by atoms with Crippen LogP contribution in [-0.2, 0) is 9.53 Å². The molecule has 1 aliphatic heterocycles. The first-order chi connectivity index (χ1) is 6.17. The van der Waals surface area contributed by atoms with Crippen LogP contribution >= 0.6 is 0 Å². The molecule has 2 unspecified atom stereocenters. The van der Waals surface area contributed by atoms with Crippen molar-refractivity contribution < 1.29 is 14.6 Å². The molecule has 1 rings (SSSR count). The Hall–Kier alpha value is -0.650. The number of aliphatic hydroxyl groups is 1. The topological polar surface area (TPSA) is 75.8 Å². The van der Waals surface area contributed by atoms with Crippen molar-refractivity contribution in [2.24, 2.45) is 5.73 Å². The molecule has 0 spiro atoms. The molecule has 1 amide bonds. The third kappa shape index (κ3) is 2.65. The van der Waals surface area contributed by atoms with Crippen LogP contribution < -0.4 is 5.73 Å². The Morgan fingerprint density at radius 2 is 2.38 bits per heavy atom. The third-order valence-corrected chi connectivity index (χ3v) is 2.06. The molecule has 3 N–H and O–H groups in total. The zero-order chi connectivity index (χ0) is 9.84. The monoisotopic (exact) mass is 188 g/mol. The number of nitrogens with zero attached hydrogens (tertiary/aromatic N) is 1. The summed E-state index contributed by atoms with van der Waals surface area (Å²) in [5.74, 6) is -0.0893. The van der Waals surface area contributed by atoms with Crippen molar-refractivity contribution in [3.05, 3.63) is 0 Å². The molecule has 1 aliphatic rings. The first kappa shape index (κ1) is 10.4. The average Bonchev–Trinajstić information content (AvgIpc) is 2.15. The molecule has 13 heavy (non-hydrogen) atoms. The van der Waals surface area contributed by atoms with E-state index in [4.69, 9.17) is 15.6 Å². The Morgan fingerprint density at radius 1 is 1.69 bits per heavy atom. The van der Waals surface area contributed by atoms with E-state index < -0.39 is 0 Å². The Balaban J connectivity index is 2.51. The maximum Gasteiger partial charge on any atom is 0.236 e. The van der Waals surface area contributed by atoms with Crippen LogP contribution in [0.1, 0.15) is 6.92 Å². The summed E-state index contributed by atoms with van der Waals surface area (Å²) < 4.78 is 5.38. The summed E-state index contributed by atoms with van der Waals surface area (Å²) in [5, 5.41) is 8.89. The highest BCUT2D eigenvalue weighted by Crippen LogP contribution is 2.10. The van der Waals surface area contributed by atoms with Crippen LogP contribution in [0.25, 0.3) is 0 Å². The van der Waals surface area contributed by atoms with Gasteiger partial charge in [0, 0.05) is 13.1 Å². The molecule has 0 bridgehead atoms. The number of morpholine rings is 1. The molecule has 0 saturated carbocycles. The molecule has 5 nitrogen and oxygen atoms in total. The summed E-state index contributed by atoms with van der Waals surface area (Å²) >= 11 is 0. The van der Waals surface area contributed by atoms with E-state index in [2.05, 4.69) is 0 Å². The van der Waals surface area contributed by atoms with Gasteiger partial charge in [0.15, 0.2) is 0 Å². The van der Waals surface area contributed by atoms with Gasteiger partial charge < -0.3 is 20.5 Å². The fourth-order valence-corrected chi connectivity index (χ4v) is 1.48. The average molecular weight is 188 g/mol. The van der Waals surface area contributed by atoms with Crippen molar-refractivity contribution >= 4 is 5.91 Å². The number of amides is 1. The highest BCUT2D eigenvalue weighted by Gasteiger charge is 2.26. The second kappa shape index (κ2) is 4.55. The minimum Gasteiger partial charge on any atom is -0.394 e. The largest absolute Gasteiger partial charge is 0.394 e. The quantitative estimate of drug-likeness (QED) is 0.556. The lowest BCUT2D eigenvalue weighted by Crippen LogP contribution is -2.51. The maximum absolute atomic E-state index is 11.2. The summed E-state index contributed by atoms with van der Waals surface area (Å²) in [7, 11) is 0. The van der Waals surface area contributed by atoms with Crippen molar-refractivity contribution in [1.82, 2.24) is 4.90 Å². The van der Waals surface area contributed by atoms with Gasteiger partial charge in [-0.2, -0.15) is 0 Å². The molecule has 1 saturated heterocycles. The lowest BCUT2D eigenvalue weighted by molar-refractivity contribution is -0.145. The number of ether oxygens (including phenoxy) is 1. The highest BCUT2D eigenvalue weighted by molar-refractivity contribution is 5.78. The Kier molecular flexibility index (Phi) is 3.65. The third-order valence-electron chi connectivity index (χ3n) is 2.06. The predicted molar refractivity (Wildman–Crippen MR) is 47.1 cm³/mol. The van der Waals surface area contributed by atoms with Crippen LogP contribution in [0.3, 0.4) is 0 Å². The molecule has 0 aliphatic carbocycles. The van der Waals surface area contributed by atoms with Crippen molar-refractivity contribution in [2.45, 2.75) is 19.1 Å². The SMILES string of the molecule is CC1CN(C(=O)CN)CC(CO)O1. The van der Waals surface area contributed by atoms with E-state index in [0.29, 0.717) is 13.1 Å². The summed E-state index contributed by atoms with van der Waals surface area (Å²) in [5.41, 5.74) is 5.24. The highest BCUT2D eigenvalue weighted by atomic mass is 16.5. The molecule has 5 heteroatoms. The first-order valence-electron chi connectivity index (χ1n) is 4.41. The molecule has 0 radical (unpaired) electrons. The molecular formula is C8H16N2O3. The van der Waals surface area contributed by atoms with Gasteiger partial charge in [-0.15, -0.1) is 0 Å². The number of hydrogen-bond acceptors (Lipinski definition) is 4. The lowest BCUT2D eigenvalue weighted by atomic mass is 10.2. The van der Waals surface area contributed by atoms with E-state index in [0.717, 1.165) is 0 Å². The van der Waals surface area contributed by atoms with Gasteiger partial charge in [0.05, 0.1) is 25.4 Å². The molecule has 0 aromatic rings. The normalized spacial score (nSPS) is 29.0. The molecule has 1 heterocycles. The second-order valence-electron chi connectivity index (χ2n) is 3.25. The number of carbonyl (C=O) groups excluding carboxylic acids is 1. The summed E-state index contributed by atoms with van der Waals surface area (Å²) in [6.07, 6.45) is -0.291. The van der Waals surface area contributed by atoms with E-state index in [1.165, 1.54) is 0 Å². The number of rotatable bonds is 2. The van der Waals surface area contributed by atoms with Crippen LogP contribution in [-0.4, -0.2) is 54.4 Å². The van der Waals surface area contributed by atoms with Crippen molar-refractivity contribution in [2.75, 3.05) is 26.2 Å². The molecule has 1 fully saturated rings. The first-order valence-corrected chi connectivity index (χ1v) is 4.41. The Morgan fingerprint density at radius 3 is 2.92 bits per heavy atom. The minimum absolute atomic E-state index is 0.0187. The van der Waals surface area contributed by atoms with Crippen molar-refractivity contribution in [3.8, 4) is 0 Å². The van der Waals surface area contributed by atoms with E-state index in [-0.39, 0.29) is 31.3 Å². The lowest BCUT2D eigenvalue weighted by Gasteiger charge is -2.35. The molecule has 0 aromatic heterocycles. The Labute approximate surface area is 77.5 Å². The fourth-order valence-electron chi connectivity index (χ4n) is 1.48. The van der Waals surface area contributed by atoms with Crippen LogP contribution in [0.15, 0.2) is 0 Å². The number of nitrogens with two attached hydrogens (primary N) is 1. The van der Waals surface area contributed by atoms with Gasteiger partial charge in [-0.05, 0) is 6.92 Å². The van der Waals surface area contributed by atoms with Gasteiger partial charge in [0.25, 0.3) is 0 Å². The molecular weight excluding hydrogens is 172 g/mol. The minimum atomic E-state index is -0.265. The summed E-state index contributed by atoms with van der Waals surface area (Å²) in [6.45, 7) is 2.84. The van der Waals surface area contributed by atoms with E-state index >= 15 is 0 Å². The van der Waals surface area contributed by atoms with Crippen LogP contribution in [0.5, 0.6) is 0 Å². The number of hydrogen-bond donors (Lipinski definition) is 2. The van der Waals surface area contributed by atoms with Gasteiger partial charge in [0.2, 0.25) is 5.91 Å². The van der Waals surface area contributed by atoms with Crippen molar-refractivity contribution in [1.29, 1.82) is 0 Å². The molecule has 2 atom stereocenters. The zero-order valence-electron chi connectivity index (χ0n) is 7.77. The van der Waals surface area contributed by atoms with Crippen molar-refractivity contribution in [3.63, 3.8) is 0 Å². The van der Waals surface area contributed by atoms with E-state index in [1.807, 2.05) is 6.92 Å². The van der Waals surface area contributed by atoms with E-state index in [9.17, 15) is 4.79 Å². The molecule has 0 aromatic carbocycles. The van der Waals surface area contributed by atoms with E-state index in [1.54, 1.807) is 4.90 Å². The van der Waals surface area contributed by atoms with Crippen LogP contribution in [0, 0.1) is 0 Å². The number of carbonyl (C=O) groups is 1. The maximum atomic E-state index is 11.2. The van der Waals surface area contributed by atoms with Gasteiger partial charge in [0.1, 0.15) is 0 Å². The number of aliphatic hydroxyl groups excluding tert-OH is 1. The van der Waals surface area contributed by atoms with Gasteiger partial charge in [-0.25, -0.2) is 0 Å². The fraction of sp³-hybridized carbons (Fsp3) is 0.875. The van der Waals surface area contributed by atoms with Gasteiger partial charge in [-0.3, -0.25) is 4.79 Å². The predicted octanol–water partition coefficient (Wildman–Crippen LogP) is -1.45. The van der Waals surface area contributed by atoms with Crippen LogP contribution in [0.2, 0.25) is 0 Å². The smallest absolute Gasteiger partial charge is 0.236 e. The van der Waals surface area contributed by atoms with Gasteiger partial charge in [-0.1, -0.05) is 0 Å². The van der Waals surface area contributed by atoms with Crippen LogP contribution in [0.4, 0.5) is 0 Å². The van der Waals surface area contributed by atoms with Gasteiger partial charge >= 0.3 is 0 Å². The Bertz CT molecular complexity index is 186.